The van der Waals surface area contributed by atoms with Crippen LogP contribution in [0.2, 0.25) is 0 Å². The molecule has 3 rings (SSSR count). The van der Waals surface area contributed by atoms with Gasteiger partial charge in [0.05, 0.1) is 13.2 Å². The number of fused-ring (bicyclic) bond motifs is 1. The molecule has 0 saturated carbocycles. The van der Waals surface area contributed by atoms with Crippen LogP contribution in [0.15, 0.2) is 24.3 Å². The number of aryl methyl sites for hydroxylation is 1. The topological polar surface area (TPSA) is 48.6 Å². The van der Waals surface area contributed by atoms with Gasteiger partial charge < -0.3 is 9.88 Å². The first-order valence-electron chi connectivity index (χ1n) is 8.33. The molecule has 0 aliphatic carbocycles. The van der Waals surface area contributed by atoms with Gasteiger partial charge >= 0.3 is 0 Å². The van der Waals surface area contributed by atoms with Crippen LogP contribution in [-0.2, 0) is 16.2 Å². The number of rotatable bonds is 5. The number of hydrogen-bond donors (Lipinski definition) is 1. The number of carbonyl (C=O) groups is 1. The van der Waals surface area contributed by atoms with E-state index in [0.717, 1.165) is 37.2 Å². The Kier molecular flexibility index (Phi) is 4.98. The van der Waals surface area contributed by atoms with Gasteiger partial charge in [-0.3, -0.25) is 9.63 Å². The maximum Gasteiger partial charge on any atom is 0.224 e. The average Bonchev–Trinajstić information content (AvgIpc) is 2.90. The normalized spacial score (nSPS) is 15.9. The predicted molar refractivity (Wildman–Crippen MR) is 90.9 cm³/mol. The maximum atomic E-state index is 12.3. The molecule has 1 aromatic heterocycles. The van der Waals surface area contributed by atoms with Gasteiger partial charge in [0.15, 0.2) is 0 Å². The minimum atomic E-state index is 0.150. The van der Waals surface area contributed by atoms with E-state index in [0.29, 0.717) is 19.5 Å². The largest absolute Gasteiger partial charge is 0.357 e. The minimum absolute atomic E-state index is 0.150. The monoisotopic (exact) mass is 315 g/mol. The Bertz CT molecular complexity index is 674. The molecular weight excluding hydrogens is 290 g/mol. The fourth-order valence-electron chi connectivity index (χ4n) is 3.06. The molecule has 2 aromatic rings. The van der Waals surface area contributed by atoms with Gasteiger partial charge in [0.25, 0.3) is 0 Å². The number of amides is 1. The molecule has 2 heterocycles. The van der Waals surface area contributed by atoms with Crippen LogP contribution in [0.4, 0.5) is 0 Å². The maximum absolute atomic E-state index is 12.3. The first kappa shape index (κ1) is 16.0. The molecule has 1 N–H and O–H groups in total. The number of para-hydroxylation sites is 1. The summed E-state index contributed by atoms with van der Waals surface area (Å²) < 4.78 is 0. The second-order valence-electron chi connectivity index (χ2n) is 6.24. The summed E-state index contributed by atoms with van der Waals surface area (Å²) in [5, 5.41) is 3.15. The van der Waals surface area contributed by atoms with E-state index in [9.17, 15) is 4.79 Å². The van der Waals surface area contributed by atoms with E-state index in [1.54, 1.807) is 4.90 Å². The molecule has 5 heteroatoms. The van der Waals surface area contributed by atoms with E-state index >= 15 is 0 Å². The van der Waals surface area contributed by atoms with Crippen LogP contribution >= 0.6 is 0 Å². The quantitative estimate of drug-likeness (QED) is 0.923. The molecule has 5 nitrogen and oxygen atoms in total. The van der Waals surface area contributed by atoms with E-state index in [-0.39, 0.29) is 5.91 Å². The van der Waals surface area contributed by atoms with Crippen LogP contribution in [0.5, 0.6) is 0 Å². The molecule has 0 radical (unpaired) electrons. The summed E-state index contributed by atoms with van der Waals surface area (Å²) in [6.45, 7) is 5.10. The number of H-pyrrole nitrogens is 1. The zero-order valence-electron chi connectivity index (χ0n) is 14.0. The highest BCUT2D eigenvalue weighted by Gasteiger charge is 2.16. The minimum Gasteiger partial charge on any atom is -0.357 e. The molecule has 1 aliphatic heterocycles. The third-order valence-corrected chi connectivity index (χ3v) is 4.54. The number of carbonyl (C=O) groups excluding carboxylic acids is 1. The van der Waals surface area contributed by atoms with Crippen LogP contribution < -0.4 is 0 Å². The highest BCUT2D eigenvalue weighted by Crippen LogP contribution is 2.22. The summed E-state index contributed by atoms with van der Waals surface area (Å²) in [7, 11) is 1.87. The summed E-state index contributed by atoms with van der Waals surface area (Å²) in [6, 6.07) is 8.25. The first-order chi connectivity index (χ1) is 11.1. The lowest BCUT2D eigenvalue weighted by atomic mass is 10.1. The van der Waals surface area contributed by atoms with Crippen LogP contribution in [-0.4, -0.2) is 47.6 Å². The number of hydrogen-bond acceptors (Lipinski definition) is 3. The first-order valence-corrected chi connectivity index (χ1v) is 8.33. The van der Waals surface area contributed by atoms with Gasteiger partial charge in [0.1, 0.15) is 0 Å². The molecule has 23 heavy (non-hydrogen) atoms. The summed E-state index contributed by atoms with van der Waals surface area (Å²) in [5.74, 6) is 0.150. The standard InChI is InChI=1S/C18H25N3O2/c1-14-15-7-3-4-8-16(15)19-17(14)13-20(2)18(22)9-11-21-10-5-6-12-23-21/h3-4,7-8,19H,5-6,9-13H2,1-2H3. The van der Waals surface area contributed by atoms with Crippen LogP contribution in [0.3, 0.4) is 0 Å². The van der Waals surface area contributed by atoms with Crippen molar-refractivity contribution < 1.29 is 9.63 Å². The molecule has 1 fully saturated rings. The van der Waals surface area contributed by atoms with Crippen molar-refractivity contribution in [1.29, 1.82) is 0 Å². The van der Waals surface area contributed by atoms with Crippen molar-refractivity contribution in [1.82, 2.24) is 14.9 Å². The van der Waals surface area contributed by atoms with Crippen molar-refractivity contribution in [2.24, 2.45) is 0 Å². The van der Waals surface area contributed by atoms with Gasteiger partial charge in [0, 0.05) is 43.2 Å². The molecule has 1 aliphatic rings. The van der Waals surface area contributed by atoms with Gasteiger partial charge in [-0.25, -0.2) is 0 Å². The molecule has 1 aromatic carbocycles. The van der Waals surface area contributed by atoms with Crippen LogP contribution in [0.25, 0.3) is 10.9 Å². The fourth-order valence-corrected chi connectivity index (χ4v) is 3.06. The molecule has 0 atom stereocenters. The lowest BCUT2D eigenvalue weighted by molar-refractivity contribution is -0.182. The highest BCUT2D eigenvalue weighted by molar-refractivity contribution is 5.84. The van der Waals surface area contributed by atoms with Crippen molar-refractivity contribution in [3.05, 3.63) is 35.5 Å². The van der Waals surface area contributed by atoms with E-state index in [2.05, 4.69) is 24.0 Å². The Hall–Kier alpha value is -1.85. The van der Waals surface area contributed by atoms with Crippen molar-refractivity contribution in [2.45, 2.75) is 32.7 Å². The lowest BCUT2D eigenvalue weighted by Gasteiger charge is -2.26. The van der Waals surface area contributed by atoms with E-state index in [1.165, 1.54) is 10.9 Å². The van der Waals surface area contributed by atoms with Gasteiger partial charge in [-0.2, -0.15) is 5.06 Å². The zero-order valence-corrected chi connectivity index (χ0v) is 14.0. The molecule has 0 bridgehead atoms. The van der Waals surface area contributed by atoms with Crippen LogP contribution in [0.1, 0.15) is 30.5 Å². The number of aromatic nitrogens is 1. The molecule has 0 unspecified atom stereocenters. The SMILES string of the molecule is Cc1c(CN(C)C(=O)CCN2CCCCO2)[nH]c2ccccc12. The molecule has 124 valence electrons. The van der Waals surface area contributed by atoms with Crippen molar-refractivity contribution in [2.75, 3.05) is 26.7 Å². The Morgan fingerprint density at radius 3 is 2.91 bits per heavy atom. The summed E-state index contributed by atoms with van der Waals surface area (Å²) in [4.78, 5) is 23.1. The highest BCUT2D eigenvalue weighted by atomic mass is 16.7. The van der Waals surface area contributed by atoms with Gasteiger partial charge in [-0.1, -0.05) is 18.2 Å². The summed E-state index contributed by atoms with van der Waals surface area (Å²) in [6.07, 6.45) is 2.76. The third-order valence-electron chi connectivity index (χ3n) is 4.54. The van der Waals surface area contributed by atoms with Crippen molar-refractivity contribution >= 4 is 16.8 Å². The van der Waals surface area contributed by atoms with E-state index < -0.39 is 0 Å². The molecule has 0 spiro atoms. The Labute approximate surface area is 137 Å². The summed E-state index contributed by atoms with van der Waals surface area (Å²) >= 11 is 0. The Morgan fingerprint density at radius 1 is 1.35 bits per heavy atom. The van der Waals surface area contributed by atoms with E-state index in [1.807, 2.05) is 24.2 Å². The molecule has 1 amide bonds. The lowest BCUT2D eigenvalue weighted by Crippen LogP contribution is -2.35. The average molecular weight is 315 g/mol. The fraction of sp³-hybridized carbons (Fsp3) is 0.500. The Balaban J connectivity index is 1.57. The number of nitrogens with zero attached hydrogens (tertiary/aromatic N) is 2. The second kappa shape index (κ2) is 7.15. The molecule has 1 saturated heterocycles. The zero-order chi connectivity index (χ0) is 16.2. The third kappa shape index (κ3) is 3.74. The number of nitrogens with one attached hydrogen (secondary N) is 1. The smallest absolute Gasteiger partial charge is 0.224 e. The molecular formula is C18H25N3O2. The van der Waals surface area contributed by atoms with Gasteiger partial charge in [-0.05, 0) is 31.4 Å². The number of benzene rings is 1. The van der Waals surface area contributed by atoms with Crippen LogP contribution in [0, 0.1) is 6.92 Å². The van der Waals surface area contributed by atoms with Gasteiger partial charge in [0.2, 0.25) is 5.91 Å². The van der Waals surface area contributed by atoms with Crippen molar-refractivity contribution in [3.8, 4) is 0 Å². The Morgan fingerprint density at radius 2 is 2.17 bits per heavy atom. The number of aromatic amines is 1. The second-order valence-corrected chi connectivity index (χ2v) is 6.24. The summed E-state index contributed by atoms with van der Waals surface area (Å²) in [5.41, 5.74) is 3.46. The van der Waals surface area contributed by atoms with Crippen molar-refractivity contribution in [3.63, 3.8) is 0 Å². The number of hydroxylamine groups is 2. The van der Waals surface area contributed by atoms with Gasteiger partial charge in [-0.15, -0.1) is 0 Å². The predicted octanol–water partition coefficient (Wildman–Crippen LogP) is 2.85. The van der Waals surface area contributed by atoms with E-state index in [4.69, 9.17) is 4.84 Å².